The van der Waals surface area contributed by atoms with E-state index in [1.165, 1.54) is 42.5 Å². The van der Waals surface area contributed by atoms with E-state index in [0.29, 0.717) is 49.2 Å². The van der Waals surface area contributed by atoms with Crippen LogP contribution in [-0.2, 0) is 16.4 Å². The van der Waals surface area contributed by atoms with Crippen molar-refractivity contribution in [3.8, 4) is 22.6 Å². The second-order valence-electron chi connectivity index (χ2n) is 8.60. The molecule has 0 aliphatic carbocycles. The fourth-order valence-corrected chi connectivity index (χ4v) is 6.07. The van der Waals surface area contributed by atoms with Crippen LogP contribution >= 0.6 is 0 Å². The standard InChI is InChI=1S/C26H24F5NO4S/c27-25(28)35-24-4-2-1-3-20(24)17-32-15-13-23(14-16-32)37(33,34)22-11-7-19(8-12-22)18-5-9-21(10-6-18)36-26(29,30)31/h1-12,23,25H,13-17H2. The molecule has 3 aromatic rings. The van der Waals surface area contributed by atoms with Crippen molar-refractivity contribution in [3.63, 3.8) is 0 Å². The molecule has 0 atom stereocenters. The number of ether oxygens (including phenoxy) is 2. The summed E-state index contributed by atoms with van der Waals surface area (Å²) in [6, 6.07) is 18.1. The van der Waals surface area contributed by atoms with Crippen LogP contribution in [0, 0.1) is 0 Å². The van der Waals surface area contributed by atoms with E-state index in [1.807, 2.05) is 4.90 Å². The Kier molecular flexibility index (Phi) is 8.03. The number of hydrogen-bond acceptors (Lipinski definition) is 5. The number of rotatable bonds is 8. The Hall–Kier alpha value is -3.18. The van der Waals surface area contributed by atoms with E-state index in [-0.39, 0.29) is 16.4 Å². The summed E-state index contributed by atoms with van der Waals surface area (Å²) in [5.41, 5.74) is 1.87. The van der Waals surface area contributed by atoms with E-state index in [1.54, 1.807) is 30.3 Å². The summed E-state index contributed by atoms with van der Waals surface area (Å²) in [6.45, 7) is -1.59. The molecule has 3 aromatic carbocycles. The summed E-state index contributed by atoms with van der Waals surface area (Å²) in [4.78, 5) is 2.18. The molecule has 1 fully saturated rings. The predicted molar refractivity (Wildman–Crippen MR) is 127 cm³/mol. The Morgan fingerprint density at radius 1 is 0.865 bits per heavy atom. The molecule has 1 aliphatic rings. The van der Waals surface area contributed by atoms with Crippen LogP contribution < -0.4 is 9.47 Å². The highest BCUT2D eigenvalue weighted by molar-refractivity contribution is 7.92. The van der Waals surface area contributed by atoms with Crippen molar-refractivity contribution >= 4 is 9.84 Å². The number of alkyl halides is 5. The van der Waals surface area contributed by atoms with Crippen LogP contribution in [0.25, 0.3) is 11.1 Å². The third-order valence-corrected chi connectivity index (χ3v) is 8.44. The van der Waals surface area contributed by atoms with E-state index < -0.39 is 28.1 Å². The first-order valence-electron chi connectivity index (χ1n) is 11.5. The Morgan fingerprint density at radius 2 is 1.43 bits per heavy atom. The Balaban J connectivity index is 1.37. The number of para-hydroxylation sites is 1. The first kappa shape index (κ1) is 26.9. The minimum atomic E-state index is -4.78. The predicted octanol–water partition coefficient (Wildman–Crippen LogP) is 6.29. The molecule has 1 aliphatic heterocycles. The van der Waals surface area contributed by atoms with Crippen molar-refractivity contribution < 1.29 is 39.8 Å². The summed E-state index contributed by atoms with van der Waals surface area (Å²) in [7, 11) is -3.60. The second-order valence-corrected chi connectivity index (χ2v) is 10.8. The molecule has 0 bridgehead atoms. The zero-order valence-corrected chi connectivity index (χ0v) is 20.3. The number of piperidine rings is 1. The van der Waals surface area contributed by atoms with Crippen molar-refractivity contribution in [2.45, 2.75) is 42.5 Å². The molecule has 5 nitrogen and oxygen atoms in total. The second kappa shape index (κ2) is 11.1. The first-order valence-corrected chi connectivity index (χ1v) is 13.0. The van der Waals surface area contributed by atoms with Crippen molar-refractivity contribution in [1.29, 1.82) is 0 Å². The lowest BCUT2D eigenvalue weighted by Crippen LogP contribution is -2.39. The Morgan fingerprint density at radius 3 is 2.00 bits per heavy atom. The Bertz CT molecular complexity index is 1290. The first-order chi connectivity index (χ1) is 17.5. The zero-order valence-electron chi connectivity index (χ0n) is 19.5. The maximum Gasteiger partial charge on any atom is 0.573 e. The maximum absolute atomic E-state index is 13.2. The number of hydrogen-bond donors (Lipinski definition) is 0. The third kappa shape index (κ3) is 6.98. The van der Waals surface area contributed by atoms with Crippen molar-refractivity contribution in [2.24, 2.45) is 0 Å². The molecule has 4 rings (SSSR count). The lowest BCUT2D eigenvalue weighted by molar-refractivity contribution is -0.274. The van der Waals surface area contributed by atoms with E-state index in [4.69, 9.17) is 0 Å². The van der Waals surface area contributed by atoms with E-state index in [9.17, 15) is 30.4 Å². The van der Waals surface area contributed by atoms with Gasteiger partial charge in [-0.25, -0.2) is 8.42 Å². The number of likely N-dealkylation sites (tertiary alicyclic amines) is 1. The molecule has 198 valence electrons. The van der Waals surface area contributed by atoms with Gasteiger partial charge in [0, 0.05) is 12.1 Å². The van der Waals surface area contributed by atoms with Crippen molar-refractivity contribution in [3.05, 3.63) is 78.4 Å². The SMILES string of the molecule is O=S(=O)(c1ccc(-c2ccc(OC(F)(F)F)cc2)cc1)C1CCN(Cc2ccccc2OC(F)F)CC1. The number of nitrogens with zero attached hydrogens (tertiary/aromatic N) is 1. The lowest BCUT2D eigenvalue weighted by Gasteiger charge is -2.32. The van der Waals surface area contributed by atoms with Gasteiger partial charge in [0.25, 0.3) is 0 Å². The molecule has 0 N–H and O–H groups in total. The minimum Gasteiger partial charge on any atom is -0.434 e. The highest BCUT2D eigenvalue weighted by Gasteiger charge is 2.32. The quantitative estimate of drug-likeness (QED) is 0.314. The molecule has 0 aromatic heterocycles. The highest BCUT2D eigenvalue weighted by Crippen LogP contribution is 2.30. The van der Waals surface area contributed by atoms with E-state index >= 15 is 0 Å². The van der Waals surface area contributed by atoms with Gasteiger partial charge in [-0.3, -0.25) is 4.90 Å². The summed E-state index contributed by atoms with van der Waals surface area (Å²) in [5.74, 6) is -0.235. The molecule has 1 saturated heterocycles. The van der Waals surface area contributed by atoms with Crippen LogP contribution in [-0.4, -0.2) is 44.6 Å². The number of benzene rings is 3. The van der Waals surface area contributed by atoms with E-state index in [0.717, 1.165) is 0 Å². The smallest absolute Gasteiger partial charge is 0.434 e. The van der Waals surface area contributed by atoms with Gasteiger partial charge in [-0.15, -0.1) is 13.2 Å². The molecule has 0 spiro atoms. The Labute approximate surface area is 211 Å². The van der Waals surface area contributed by atoms with Gasteiger partial charge in [0.1, 0.15) is 11.5 Å². The van der Waals surface area contributed by atoms with Gasteiger partial charge in [-0.1, -0.05) is 42.5 Å². The van der Waals surface area contributed by atoms with Crippen LogP contribution in [0.2, 0.25) is 0 Å². The van der Waals surface area contributed by atoms with E-state index in [2.05, 4.69) is 9.47 Å². The largest absolute Gasteiger partial charge is 0.573 e. The lowest BCUT2D eigenvalue weighted by atomic mass is 10.1. The van der Waals surface area contributed by atoms with Crippen molar-refractivity contribution in [2.75, 3.05) is 13.1 Å². The molecule has 0 saturated carbocycles. The molecule has 37 heavy (non-hydrogen) atoms. The minimum absolute atomic E-state index is 0.106. The maximum atomic E-state index is 13.2. The fraction of sp³-hybridized carbons (Fsp3) is 0.308. The van der Waals surface area contributed by atoms with Crippen LogP contribution in [0.4, 0.5) is 22.0 Å². The summed E-state index contributed by atoms with van der Waals surface area (Å²) >= 11 is 0. The van der Waals surface area contributed by atoms with Gasteiger partial charge in [0.05, 0.1) is 10.1 Å². The number of halogens is 5. The average molecular weight is 542 g/mol. The van der Waals surface area contributed by atoms with Crippen LogP contribution in [0.5, 0.6) is 11.5 Å². The van der Waals surface area contributed by atoms with Gasteiger partial charge in [-0.05, 0) is 67.4 Å². The molecule has 1 heterocycles. The van der Waals surface area contributed by atoms with Crippen molar-refractivity contribution in [1.82, 2.24) is 4.90 Å². The molecular weight excluding hydrogens is 517 g/mol. The molecule has 0 amide bonds. The van der Waals surface area contributed by atoms with Gasteiger partial charge in [0.2, 0.25) is 0 Å². The molecule has 11 heteroatoms. The summed E-state index contributed by atoms with van der Waals surface area (Å²) < 4.78 is 97.2. The van der Waals surface area contributed by atoms with Crippen LogP contribution in [0.1, 0.15) is 18.4 Å². The summed E-state index contributed by atoms with van der Waals surface area (Å²) in [6.07, 6.45) is -3.99. The molecule has 0 unspecified atom stereocenters. The van der Waals surface area contributed by atoms with Crippen LogP contribution in [0.15, 0.2) is 77.7 Å². The summed E-state index contributed by atoms with van der Waals surface area (Å²) in [5, 5.41) is -0.582. The topological polar surface area (TPSA) is 55.8 Å². The van der Waals surface area contributed by atoms with Crippen LogP contribution in [0.3, 0.4) is 0 Å². The zero-order chi connectivity index (χ0) is 26.6. The van der Waals surface area contributed by atoms with Gasteiger partial charge in [0.15, 0.2) is 9.84 Å². The molecule has 0 radical (unpaired) electrons. The monoisotopic (exact) mass is 541 g/mol. The average Bonchev–Trinajstić information content (AvgIpc) is 2.85. The fourth-order valence-electron chi connectivity index (χ4n) is 4.34. The highest BCUT2D eigenvalue weighted by atomic mass is 32.2. The van der Waals surface area contributed by atoms with Gasteiger partial charge < -0.3 is 9.47 Å². The van der Waals surface area contributed by atoms with Gasteiger partial charge >= 0.3 is 13.0 Å². The normalized spacial score (nSPS) is 15.6. The number of sulfone groups is 1. The van der Waals surface area contributed by atoms with Gasteiger partial charge in [-0.2, -0.15) is 8.78 Å². The third-order valence-electron chi connectivity index (χ3n) is 6.16. The molecular formula is C26H24F5NO4S.